The normalized spacial score (nSPS) is 12.6. The fourth-order valence-electron chi connectivity index (χ4n) is 2.85. The lowest BCUT2D eigenvalue weighted by molar-refractivity contribution is -0.139. The molecule has 0 atom stereocenters. The smallest absolute Gasteiger partial charge is 0.264 e. The maximum atomic E-state index is 13.5. The Kier molecular flexibility index (Phi) is 6.94. The molecule has 0 aliphatic carbocycles. The van der Waals surface area contributed by atoms with Crippen molar-refractivity contribution in [2.75, 3.05) is 6.54 Å². The number of hydrogen-bond donors (Lipinski definition) is 1. The van der Waals surface area contributed by atoms with Crippen molar-refractivity contribution in [3.05, 3.63) is 83.1 Å². The van der Waals surface area contributed by atoms with Crippen LogP contribution in [0.25, 0.3) is 0 Å². The standard InChI is InChI=1S/C20H16ClF3N2O4S2/c21-15-4-1-5-16(11-15)31(27,28)17-6-7-18(20(22,23)24)19(12-17)32(29,30)26-10-8-14-3-2-9-25-13-14/h1-7,9,11-13,26H,8,10H2. The van der Waals surface area contributed by atoms with E-state index in [1.807, 2.05) is 0 Å². The van der Waals surface area contributed by atoms with Crippen LogP contribution in [0.2, 0.25) is 5.02 Å². The Morgan fingerprint density at radius 3 is 2.28 bits per heavy atom. The van der Waals surface area contributed by atoms with Gasteiger partial charge in [0.05, 0.1) is 20.2 Å². The van der Waals surface area contributed by atoms with Gasteiger partial charge in [0.1, 0.15) is 0 Å². The monoisotopic (exact) mass is 504 g/mol. The van der Waals surface area contributed by atoms with Gasteiger partial charge in [0.25, 0.3) is 0 Å². The largest absolute Gasteiger partial charge is 0.417 e. The van der Waals surface area contributed by atoms with E-state index in [0.717, 1.165) is 6.07 Å². The van der Waals surface area contributed by atoms with Crippen LogP contribution in [-0.4, -0.2) is 28.4 Å². The predicted octanol–water partition coefficient (Wildman–Crippen LogP) is 4.11. The van der Waals surface area contributed by atoms with Crippen molar-refractivity contribution in [2.45, 2.75) is 27.3 Å². The second-order valence-electron chi connectivity index (χ2n) is 6.63. The molecule has 0 spiro atoms. The van der Waals surface area contributed by atoms with E-state index in [4.69, 9.17) is 11.6 Å². The first-order valence-corrected chi connectivity index (χ1v) is 12.4. The van der Waals surface area contributed by atoms with Gasteiger partial charge in [-0.1, -0.05) is 23.7 Å². The van der Waals surface area contributed by atoms with E-state index < -0.39 is 41.4 Å². The summed E-state index contributed by atoms with van der Waals surface area (Å²) in [7, 11) is -9.02. The second kappa shape index (κ2) is 9.18. The molecule has 0 radical (unpaired) electrons. The van der Waals surface area contributed by atoms with E-state index in [-0.39, 0.29) is 22.9 Å². The van der Waals surface area contributed by atoms with E-state index in [9.17, 15) is 30.0 Å². The van der Waals surface area contributed by atoms with Gasteiger partial charge in [0.15, 0.2) is 0 Å². The quantitative estimate of drug-likeness (QED) is 0.522. The number of nitrogens with zero attached hydrogens (tertiary/aromatic N) is 1. The molecular weight excluding hydrogens is 489 g/mol. The van der Waals surface area contributed by atoms with E-state index in [1.165, 1.54) is 30.6 Å². The zero-order valence-corrected chi connectivity index (χ0v) is 18.6. The highest BCUT2D eigenvalue weighted by Crippen LogP contribution is 2.36. The van der Waals surface area contributed by atoms with Crippen molar-refractivity contribution < 1.29 is 30.0 Å². The predicted molar refractivity (Wildman–Crippen MR) is 111 cm³/mol. The van der Waals surface area contributed by atoms with Crippen molar-refractivity contribution in [1.82, 2.24) is 9.71 Å². The van der Waals surface area contributed by atoms with Gasteiger partial charge < -0.3 is 0 Å². The third kappa shape index (κ3) is 5.47. The van der Waals surface area contributed by atoms with Crippen molar-refractivity contribution in [3.63, 3.8) is 0 Å². The van der Waals surface area contributed by atoms with E-state index >= 15 is 0 Å². The molecule has 1 N–H and O–H groups in total. The average molecular weight is 505 g/mol. The zero-order chi connectivity index (χ0) is 23.6. The first-order chi connectivity index (χ1) is 14.9. The zero-order valence-electron chi connectivity index (χ0n) is 16.2. The first-order valence-electron chi connectivity index (χ1n) is 9.02. The molecule has 0 amide bonds. The molecule has 0 aliphatic rings. The van der Waals surface area contributed by atoms with Gasteiger partial charge in [-0.25, -0.2) is 21.6 Å². The Hall–Kier alpha value is -2.47. The first kappa shape index (κ1) is 24.2. The van der Waals surface area contributed by atoms with E-state index in [1.54, 1.807) is 12.1 Å². The minimum atomic E-state index is -5.02. The van der Waals surface area contributed by atoms with E-state index in [0.29, 0.717) is 23.8 Å². The number of rotatable bonds is 7. The fourth-order valence-corrected chi connectivity index (χ4v) is 5.79. The Morgan fingerprint density at radius 1 is 0.938 bits per heavy atom. The Balaban J connectivity index is 2.01. The van der Waals surface area contributed by atoms with Crippen molar-refractivity contribution in [2.24, 2.45) is 0 Å². The molecule has 0 fully saturated rings. The van der Waals surface area contributed by atoms with Gasteiger partial charge >= 0.3 is 6.18 Å². The number of pyridine rings is 1. The molecule has 0 saturated heterocycles. The van der Waals surface area contributed by atoms with Crippen LogP contribution in [0.3, 0.4) is 0 Å². The fraction of sp³-hybridized carbons (Fsp3) is 0.150. The SMILES string of the molecule is O=S(=O)(NCCc1cccnc1)c1cc(S(=O)(=O)c2cccc(Cl)c2)ccc1C(F)(F)F. The molecule has 1 heterocycles. The van der Waals surface area contributed by atoms with Gasteiger partial charge in [-0.2, -0.15) is 13.2 Å². The minimum Gasteiger partial charge on any atom is -0.264 e. The number of nitrogens with one attached hydrogen (secondary N) is 1. The molecule has 170 valence electrons. The van der Waals surface area contributed by atoms with Crippen LogP contribution in [0.1, 0.15) is 11.1 Å². The molecule has 1 aromatic heterocycles. The molecule has 3 aromatic rings. The maximum Gasteiger partial charge on any atom is 0.417 e. The maximum absolute atomic E-state index is 13.5. The van der Waals surface area contributed by atoms with Crippen LogP contribution >= 0.6 is 11.6 Å². The number of hydrogen-bond acceptors (Lipinski definition) is 5. The third-order valence-electron chi connectivity index (χ3n) is 4.39. The molecular formula is C20H16ClF3N2O4S2. The Morgan fingerprint density at radius 2 is 1.66 bits per heavy atom. The molecule has 3 rings (SSSR count). The molecule has 12 heteroatoms. The number of sulfonamides is 1. The van der Waals surface area contributed by atoms with Crippen LogP contribution < -0.4 is 4.72 Å². The van der Waals surface area contributed by atoms with Crippen LogP contribution in [0.15, 0.2) is 81.7 Å². The van der Waals surface area contributed by atoms with Crippen molar-refractivity contribution >= 4 is 31.5 Å². The number of benzene rings is 2. The molecule has 2 aromatic carbocycles. The van der Waals surface area contributed by atoms with Gasteiger partial charge in [-0.05, 0) is 54.4 Å². The average Bonchev–Trinajstić information content (AvgIpc) is 2.73. The molecule has 0 saturated carbocycles. The van der Waals surface area contributed by atoms with E-state index in [2.05, 4.69) is 9.71 Å². The van der Waals surface area contributed by atoms with Gasteiger partial charge in [-0.15, -0.1) is 0 Å². The second-order valence-corrected chi connectivity index (χ2v) is 10.7. The Labute approximate surface area is 188 Å². The lowest BCUT2D eigenvalue weighted by Gasteiger charge is -2.16. The summed E-state index contributed by atoms with van der Waals surface area (Å²) in [4.78, 5) is 1.80. The van der Waals surface area contributed by atoms with Gasteiger partial charge in [-0.3, -0.25) is 4.98 Å². The Bertz CT molecular complexity index is 1330. The highest BCUT2D eigenvalue weighted by Gasteiger charge is 2.38. The topological polar surface area (TPSA) is 93.2 Å². The molecule has 32 heavy (non-hydrogen) atoms. The summed E-state index contributed by atoms with van der Waals surface area (Å²) in [5, 5.41) is 0.0999. The summed E-state index contributed by atoms with van der Waals surface area (Å²) in [5.41, 5.74) is -0.806. The number of halogens is 4. The lowest BCUT2D eigenvalue weighted by Crippen LogP contribution is -2.28. The number of aromatic nitrogens is 1. The highest BCUT2D eigenvalue weighted by molar-refractivity contribution is 7.91. The molecule has 6 nitrogen and oxygen atoms in total. The molecule has 0 aliphatic heterocycles. The summed E-state index contributed by atoms with van der Waals surface area (Å²) in [6.45, 7) is -0.212. The summed E-state index contributed by atoms with van der Waals surface area (Å²) in [6.07, 6.45) is -1.83. The van der Waals surface area contributed by atoms with Gasteiger partial charge in [0, 0.05) is 24.0 Å². The van der Waals surface area contributed by atoms with Gasteiger partial charge in [0.2, 0.25) is 19.9 Å². The van der Waals surface area contributed by atoms with Crippen LogP contribution in [0, 0.1) is 0 Å². The summed E-state index contributed by atoms with van der Waals surface area (Å²) < 4.78 is 93.8. The third-order valence-corrected chi connectivity index (χ3v) is 7.88. The summed E-state index contributed by atoms with van der Waals surface area (Å²) >= 11 is 5.81. The van der Waals surface area contributed by atoms with Crippen LogP contribution in [0.5, 0.6) is 0 Å². The highest BCUT2D eigenvalue weighted by atomic mass is 35.5. The lowest BCUT2D eigenvalue weighted by atomic mass is 10.2. The number of sulfone groups is 1. The van der Waals surface area contributed by atoms with Crippen LogP contribution in [0.4, 0.5) is 13.2 Å². The van der Waals surface area contributed by atoms with Crippen LogP contribution in [-0.2, 0) is 32.5 Å². The minimum absolute atomic E-state index is 0.0999. The summed E-state index contributed by atoms with van der Waals surface area (Å²) in [5.74, 6) is 0. The molecule has 0 bridgehead atoms. The summed E-state index contributed by atoms with van der Waals surface area (Å²) in [6, 6.07) is 10.1. The number of alkyl halides is 3. The molecule has 0 unspecified atom stereocenters. The van der Waals surface area contributed by atoms with Crippen molar-refractivity contribution in [3.8, 4) is 0 Å². The van der Waals surface area contributed by atoms with Crippen molar-refractivity contribution in [1.29, 1.82) is 0 Å².